The highest BCUT2D eigenvalue weighted by molar-refractivity contribution is 7.26. The van der Waals surface area contributed by atoms with Gasteiger partial charge in [-0.05, 0) is 77.5 Å². The molecule has 0 unspecified atom stereocenters. The van der Waals surface area contributed by atoms with E-state index >= 15 is 0 Å². The molecule has 206 valence electrons. The molecule has 0 aliphatic rings. The molecule has 0 radical (unpaired) electrons. The third-order valence-electron chi connectivity index (χ3n) is 8.82. The summed E-state index contributed by atoms with van der Waals surface area (Å²) in [6.45, 7) is 0. The van der Waals surface area contributed by atoms with Gasteiger partial charge >= 0.3 is 0 Å². The van der Waals surface area contributed by atoms with Crippen molar-refractivity contribution >= 4 is 103 Å². The highest BCUT2D eigenvalue weighted by atomic mass is 32.1. The molecule has 0 amide bonds. The lowest BCUT2D eigenvalue weighted by molar-refractivity contribution is 0.669. The molecule has 0 aliphatic heterocycles. The minimum absolute atomic E-state index is 0.874. The van der Waals surface area contributed by atoms with Crippen LogP contribution in [-0.2, 0) is 0 Å². The molecule has 0 bridgehead atoms. The lowest BCUT2D eigenvalue weighted by atomic mass is 10.0. The van der Waals surface area contributed by atoms with Crippen molar-refractivity contribution < 1.29 is 8.83 Å². The molecule has 3 nitrogen and oxygen atoms in total. The van der Waals surface area contributed by atoms with Crippen LogP contribution in [0.3, 0.4) is 0 Å². The fraction of sp³-hybridized carbons (Fsp3) is 0. The normalized spacial score (nSPS) is 12.1. The number of nitrogens with zero attached hydrogens (tertiary/aromatic N) is 1. The van der Waals surface area contributed by atoms with E-state index in [1.165, 1.54) is 25.6 Å². The van der Waals surface area contributed by atoms with Crippen LogP contribution >= 0.6 is 11.3 Å². The van der Waals surface area contributed by atoms with Gasteiger partial charge in [-0.25, -0.2) is 0 Å². The molecule has 0 spiro atoms. The first-order chi connectivity index (χ1) is 21.8. The fourth-order valence-corrected chi connectivity index (χ4v) is 7.97. The second kappa shape index (κ2) is 8.96. The zero-order valence-corrected chi connectivity index (χ0v) is 24.3. The van der Waals surface area contributed by atoms with Gasteiger partial charge in [0.2, 0.25) is 0 Å². The molecule has 3 aromatic heterocycles. The van der Waals surface area contributed by atoms with E-state index in [9.17, 15) is 0 Å². The monoisotopic (exact) mass is 581 g/mol. The summed E-state index contributed by atoms with van der Waals surface area (Å²) in [7, 11) is 0. The second-order valence-corrected chi connectivity index (χ2v) is 12.4. The van der Waals surface area contributed by atoms with Gasteiger partial charge in [-0.1, -0.05) is 66.7 Å². The van der Waals surface area contributed by atoms with Crippen molar-refractivity contribution in [2.45, 2.75) is 0 Å². The smallest absolute Gasteiger partial charge is 0.144 e. The Morgan fingerprint density at radius 3 is 2.07 bits per heavy atom. The fourth-order valence-electron chi connectivity index (χ4n) is 6.85. The minimum atomic E-state index is 0.874. The van der Waals surface area contributed by atoms with E-state index in [1.54, 1.807) is 0 Å². The van der Waals surface area contributed by atoms with Gasteiger partial charge in [0.05, 0.1) is 5.69 Å². The first-order valence-corrected chi connectivity index (χ1v) is 15.6. The lowest BCUT2D eigenvalue weighted by Gasteiger charge is -2.26. The van der Waals surface area contributed by atoms with Crippen LogP contribution in [-0.4, -0.2) is 0 Å². The van der Waals surface area contributed by atoms with Gasteiger partial charge in [0.15, 0.2) is 0 Å². The molecule has 0 saturated carbocycles. The summed E-state index contributed by atoms with van der Waals surface area (Å²) in [5, 5.41) is 9.28. The molecule has 7 aromatic carbocycles. The number of para-hydroxylation sites is 2. The van der Waals surface area contributed by atoms with Gasteiger partial charge in [0, 0.05) is 59.2 Å². The lowest BCUT2D eigenvalue weighted by Crippen LogP contribution is -2.10. The quantitative estimate of drug-likeness (QED) is 0.208. The minimum Gasteiger partial charge on any atom is -0.456 e. The number of anilines is 3. The van der Waals surface area contributed by atoms with E-state index in [4.69, 9.17) is 8.83 Å². The average Bonchev–Trinajstić information content (AvgIpc) is 3.75. The Morgan fingerprint density at radius 2 is 1.16 bits per heavy atom. The van der Waals surface area contributed by atoms with Crippen LogP contribution in [0.2, 0.25) is 0 Å². The summed E-state index contributed by atoms with van der Waals surface area (Å²) < 4.78 is 15.5. The van der Waals surface area contributed by atoms with Crippen LogP contribution in [0.5, 0.6) is 0 Å². The Kier molecular flexibility index (Phi) is 4.87. The molecule has 0 fully saturated rings. The Morgan fingerprint density at radius 1 is 0.432 bits per heavy atom. The number of hydrogen-bond acceptors (Lipinski definition) is 4. The predicted octanol–water partition coefficient (Wildman–Crippen LogP) is 12.5. The topological polar surface area (TPSA) is 29.5 Å². The summed E-state index contributed by atoms with van der Waals surface area (Å²) in [5.74, 6) is 0. The van der Waals surface area contributed by atoms with Crippen molar-refractivity contribution in [2.24, 2.45) is 0 Å². The summed E-state index contributed by atoms with van der Waals surface area (Å²) in [4.78, 5) is 2.34. The van der Waals surface area contributed by atoms with Crippen LogP contribution < -0.4 is 4.90 Å². The van der Waals surface area contributed by atoms with Gasteiger partial charge in [0.25, 0.3) is 0 Å². The molecule has 44 heavy (non-hydrogen) atoms. The number of fused-ring (bicyclic) bond motifs is 11. The van der Waals surface area contributed by atoms with Crippen molar-refractivity contribution in [3.05, 3.63) is 140 Å². The number of benzene rings is 7. The van der Waals surface area contributed by atoms with Crippen LogP contribution in [0.4, 0.5) is 17.1 Å². The van der Waals surface area contributed by atoms with Crippen molar-refractivity contribution in [1.82, 2.24) is 0 Å². The van der Waals surface area contributed by atoms with Crippen LogP contribution in [0.1, 0.15) is 0 Å². The van der Waals surface area contributed by atoms with E-state index in [2.05, 4.69) is 132 Å². The van der Waals surface area contributed by atoms with E-state index < -0.39 is 0 Å². The number of hydrogen-bond donors (Lipinski definition) is 0. The molecule has 0 N–H and O–H groups in total. The molecule has 4 heteroatoms. The van der Waals surface area contributed by atoms with E-state index in [-0.39, 0.29) is 0 Å². The van der Waals surface area contributed by atoms with Crippen molar-refractivity contribution in [3.8, 4) is 0 Å². The first kappa shape index (κ1) is 23.9. The maximum atomic E-state index is 6.75. The predicted molar refractivity (Wildman–Crippen MR) is 186 cm³/mol. The first-order valence-electron chi connectivity index (χ1n) is 14.8. The van der Waals surface area contributed by atoms with Crippen molar-refractivity contribution in [2.75, 3.05) is 4.90 Å². The van der Waals surface area contributed by atoms with Crippen LogP contribution in [0, 0.1) is 0 Å². The highest BCUT2D eigenvalue weighted by Gasteiger charge is 2.22. The summed E-state index contributed by atoms with van der Waals surface area (Å²) in [5.41, 5.74) is 6.85. The molecular weight excluding hydrogens is 559 g/mol. The molecule has 10 aromatic rings. The molecule has 0 saturated heterocycles. The van der Waals surface area contributed by atoms with Gasteiger partial charge in [-0.3, -0.25) is 0 Å². The Bertz CT molecular complexity index is 2730. The van der Waals surface area contributed by atoms with E-state index in [0.717, 1.165) is 66.3 Å². The maximum absolute atomic E-state index is 6.75. The number of furan rings is 2. The Balaban J connectivity index is 1.29. The van der Waals surface area contributed by atoms with Gasteiger partial charge in [-0.2, -0.15) is 0 Å². The zero-order valence-electron chi connectivity index (χ0n) is 23.5. The molecule has 3 heterocycles. The zero-order chi connectivity index (χ0) is 28.8. The molecule has 10 rings (SSSR count). The van der Waals surface area contributed by atoms with Gasteiger partial charge in [-0.15, -0.1) is 11.3 Å². The second-order valence-electron chi connectivity index (χ2n) is 11.3. The number of thiophene rings is 1. The van der Waals surface area contributed by atoms with Gasteiger partial charge in [0.1, 0.15) is 22.3 Å². The largest absolute Gasteiger partial charge is 0.456 e. The Labute approximate surface area is 255 Å². The maximum Gasteiger partial charge on any atom is 0.144 e. The Hall–Kier alpha value is -5.58. The SMILES string of the molecule is c1ccc(N(c2ccc3c(c2)oc2ccccc23)c2cccc3sc4ccc5c6cc7ccccc7cc6oc5c4c23)cc1. The van der Waals surface area contributed by atoms with Crippen LogP contribution in [0.15, 0.2) is 148 Å². The summed E-state index contributed by atoms with van der Waals surface area (Å²) in [6, 6.07) is 49.3. The standard InChI is InChI=1S/C40H23NO2S/c1-2-11-26(12-3-1)41(27-17-18-29-28-13-6-7-15-33(28)42-35(29)23-27)32-14-8-16-36-38(32)39-37(44-36)20-19-30-31-21-24-9-4-5-10-25(24)22-34(31)43-40(30)39/h1-23H. The molecular formula is C40H23NO2S. The number of rotatable bonds is 3. The van der Waals surface area contributed by atoms with Crippen molar-refractivity contribution in [3.63, 3.8) is 0 Å². The van der Waals surface area contributed by atoms with Gasteiger partial charge < -0.3 is 13.7 Å². The molecule has 0 atom stereocenters. The van der Waals surface area contributed by atoms with E-state index in [0.29, 0.717) is 0 Å². The van der Waals surface area contributed by atoms with E-state index in [1.807, 2.05) is 23.5 Å². The highest BCUT2D eigenvalue weighted by Crippen LogP contribution is 2.48. The summed E-state index contributed by atoms with van der Waals surface area (Å²) >= 11 is 1.81. The summed E-state index contributed by atoms with van der Waals surface area (Å²) in [6.07, 6.45) is 0. The van der Waals surface area contributed by atoms with Crippen molar-refractivity contribution in [1.29, 1.82) is 0 Å². The average molecular weight is 582 g/mol. The third kappa shape index (κ3) is 3.37. The van der Waals surface area contributed by atoms with Crippen LogP contribution in [0.25, 0.3) is 74.8 Å². The molecule has 0 aliphatic carbocycles. The third-order valence-corrected chi connectivity index (χ3v) is 9.94.